The average Bonchev–Trinajstić information content (AvgIpc) is 2.63. The molecule has 0 radical (unpaired) electrons. The average molecular weight is 207 g/mol. The van der Waals surface area contributed by atoms with E-state index in [0.717, 1.165) is 5.56 Å². The summed E-state index contributed by atoms with van der Waals surface area (Å²) in [5.74, 6) is -0.356. The second-order valence-corrected chi connectivity index (χ2v) is 3.23. The minimum Gasteiger partial charge on any atom is -0.439 e. The van der Waals surface area contributed by atoms with E-state index in [1.807, 2.05) is 37.3 Å². The van der Waals surface area contributed by atoms with Gasteiger partial charge in [-0.2, -0.15) is 0 Å². The van der Waals surface area contributed by atoms with Crippen LogP contribution in [0.4, 0.5) is 0 Å². The molecule has 0 saturated carbocycles. The van der Waals surface area contributed by atoms with Crippen molar-refractivity contribution in [3.05, 3.63) is 35.9 Å². The van der Waals surface area contributed by atoms with Crippen LogP contribution in [0.3, 0.4) is 0 Å². The lowest BCUT2D eigenvalue weighted by Gasteiger charge is -2.09. The number of carbonyl (C=O) groups excluding carboxylic acids is 1. The van der Waals surface area contributed by atoms with E-state index < -0.39 is 12.5 Å². The summed E-state index contributed by atoms with van der Waals surface area (Å²) >= 11 is 0. The van der Waals surface area contributed by atoms with Gasteiger partial charge in [0.2, 0.25) is 6.23 Å². The molecule has 1 saturated heterocycles. The largest absolute Gasteiger partial charge is 0.439 e. The Labute approximate surface area is 88.2 Å². The van der Waals surface area contributed by atoms with Gasteiger partial charge in [0, 0.05) is 12.2 Å². The van der Waals surface area contributed by atoms with E-state index >= 15 is 0 Å². The molecule has 1 aliphatic rings. The number of nitrogens with one attached hydrogen (secondary N) is 1. The Kier molecular flexibility index (Phi) is 2.99. The Balaban J connectivity index is 2.06. The van der Waals surface area contributed by atoms with Crippen LogP contribution in [0.25, 0.3) is 0 Å². The first-order valence-electron chi connectivity index (χ1n) is 4.94. The Morgan fingerprint density at radius 3 is 2.80 bits per heavy atom. The maximum Gasteiger partial charge on any atom is 0.352 e. The molecule has 4 nitrogen and oxygen atoms in total. The third-order valence-electron chi connectivity index (χ3n) is 2.19. The van der Waals surface area contributed by atoms with Crippen LogP contribution in [0.15, 0.2) is 30.3 Å². The molecule has 2 rings (SSSR count). The highest BCUT2D eigenvalue weighted by Gasteiger charge is 2.34. The molecule has 1 heterocycles. The molecule has 1 aromatic rings. The zero-order valence-electron chi connectivity index (χ0n) is 8.47. The molecule has 0 bridgehead atoms. The predicted octanol–water partition coefficient (Wildman–Crippen LogP) is 1.19. The summed E-state index contributed by atoms with van der Waals surface area (Å²) in [4.78, 5) is 11.3. The molecule has 0 aliphatic carbocycles. The van der Waals surface area contributed by atoms with Gasteiger partial charge in [0.1, 0.15) is 0 Å². The first-order chi connectivity index (χ1) is 7.31. The lowest BCUT2D eigenvalue weighted by Crippen LogP contribution is -2.31. The van der Waals surface area contributed by atoms with Gasteiger partial charge in [-0.05, 0) is 6.92 Å². The second-order valence-electron chi connectivity index (χ2n) is 3.23. The number of carbonyl (C=O) groups is 1. The molecule has 80 valence electrons. The standard InChI is InChI=1S/C11H13NO3/c1-2-14-10-11(13)15-9(12-10)8-6-4-3-5-7-8/h3-7,9-10,12H,2H2,1H3. The highest BCUT2D eigenvalue weighted by molar-refractivity contribution is 5.76. The van der Waals surface area contributed by atoms with Gasteiger partial charge < -0.3 is 9.47 Å². The van der Waals surface area contributed by atoms with Crippen LogP contribution in [-0.2, 0) is 14.3 Å². The van der Waals surface area contributed by atoms with Gasteiger partial charge in [0.15, 0.2) is 6.23 Å². The van der Waals surface area contributed by atoms with Gasteiger partial charge in [-0.15, -0.1) is 0 Å². The quantitative estimate of drug-likeness (QED) is 0.756. The summed E-state index contributed by atoms with van der Waals surface area (Å²) in [6.07, 6.45) is -1.03. The van der Waals surface area contributed by atoms with Crippen molar-refractivity contribution in [2.24, 2.45) is 0 Å². The summed E-state index contributed by atoms with van der Waals surface area (Å²) in [5.41, 5.74) is 0.924. The molecule has 2 atom stereocenters. The Bertz CT molecular complexity index is 339. The molecule has 2 unspecified atom stereocenters. The van der Waals surface area contributed by atoms with Crippen LogP contribution in [0.5, 0.6) is 0 Å². The number of hydrogen-bond donors (Lipinski definition) is 1. The molecule has 1 aromatic carbocycles. The zero-order valence-corrected chi connectivity index (χ0v) is 8.47. The highest BCUT2D eigenvalue weighted by Crippen LogP contribution is 2.21. The van der Waals surface area contributed by atoms with Crippen molar-refractivity contribution in [1.29, 1.82) is 0 Å². The van der Waals surface area contributed by atoms with Gasteiger partial charge in [0.05, 0.1) is 0 Å². The normalized spacial score (nSPS) is 25.3. The molecule has 1 aliphatic heterocycles. The monoisotopic (exact) mass is 207 g/mol. The molecule has 0 aromatic heterocycles. The number of hydrogen-bond acceptors (Lipinski definition) is 4. The molecule has 1 fully saturated rings. The summed E-state index contributed by atoms with van der Waals surface area (Å²) in [6.45, 7) is 2.32. The first-order valence-corrected chi connectivity index (χ1v) is 4.94. The predicted molar refractivity (Wildman–Crippen MR) is 53.8 cm³/mol. The van der Waals surface area contributed by atoms with Crippen molar-refractivity contribution in [2.75, 3.05) is 6.61 Å². The number of rotatable bonds is 3. The van der Waals surface area contributed by atoms with Crippen LogP contribution >= 0.6 is 0 Å². The molecule has 15 heavy (non-hydrogen) atoms. The van der Waals surface area contributed by atoms with Gasteiger partial charge in [-0.25, -0.2) is 10.1 Å². The fraction of sp³-hybridized carbons (Fsp3) is 0.364. The van der Waals surface area contributed by atoms with Gasteiger partial charge in [-0.3, -0.25) is 0 Å². The van der Waals surface area contributed by atoms with Crippen molar-refractivity contribution in [3.8, 4) is 0 Å². The van der Waals surface area contributed by atoms with E-state index in [2.05, 4.69) is 5.32 Å². The van der Waals surface area contributed by atoms with Crippen LogP contribution in [0, 0.1) is 0 Å². The molecule has 4 heteroatoms. The SMILES string of the molecule is CCOC1NC(c2ccccc2)OC1=O. The maximum absolute atomic E-state index is 11.3. The lowest BCUT2D eigenvalue weighted by atomic mass is 10.2. The Morgan fingerprint density at radius 2 is 2.13 bits per heavy atom. The van der Waals surface area contributed by atoms with Gasteiger partial charge in [-0.1, -0.05) is 30.3 Å². The Hall–Kier alpha value is -1.39. The van der Waals surface area contributed by atoms with E-state index in [1.54, 1.807) is 0 Å². The van der Waals surface area contributed by atoms with E-state index in [1.165, 1.54) is 0 Å². The summed E-state index contributed by atoms with van der Waals surface area (Å²) < 4.78 is 10.3. The van der Waals surface area contributed by atoms with Crippen LogP contribution in [0.1, 0.15) is 18.7 Å². The number of cyclic esters (lactones) is 1. The maximum atomic E-state index is 11.3. The fourth-order valence-corrected chi connectivity index (χ4v) is 1.49. The van der Waals surface area contributed by atoms with Crippen LogP contribution < -0.4 is 5.32 Å². The molecular formula is C11H13NO3. The van der Waals surface area contributed by atoms with Crippen molar-refractivity contribution in [1.82, 2.24) is 5.32 Å². The lowest BCUT2D eigenvalue weighted by molar-refractivity contribution is -0.149. The number of benzene rings is 1. The van der Waals surface area contributed by atoms with Crippen molar-refractivity contribution in [2.45, 2.75) is 19.4 Å². The van der Waals surface area contributed by atoms with E-state index in [4.69, 9.17) is 9.47 Å². The van der Waals surface area contributed by atoms with Gasteiger partial charge in [0.25, 0.3) is 0 Å². The van der Waals surface area contributed by atoms with Crippen molar-refractivity contribution >= 4 is 5.97 Å². The number of esters is 1. The van der Waals surface area contributed by atoms with Gasteiger partial charge >= 0.3 is 5.97 Å². The first kappa shape index (κ1) is 10.1. The topological polar surface area (TPSA) is 47.6 Å². The smallest absolute Gasteiger partial charge is 0.352 e. The number of ether oxygens (including phenoxy) is 2. The molecule has 1 N–H and O–H groups in total. The summed E-state index contributed by atoms with van der Waals surface area (Å²) in [7, 11) is 0. The fourth-order valence-electron chi connectivity index (χ4n) is 1.49. The van der Waals surface area contributed by atoms with Crippen LogP contribution in [0.2, 0.25) is 0 Å². The third-order valence-corrected chi connectivity index (χ3v) is 2.19. The van der Waals surface area contributed by atoms with E-state index in [0.29, 0.717) is 6.61 Å². The second kappa shape index (κ2) is 4.42. The summed E-state index contributed by atoms with van der Waals surface area (Å²) in [6, 6.07) is 9.52. The van der Waals surface area contributed by atoms with Crippen molar-refractivity contribution < 1.29 is 14.3 Å². The molecule has 0 spiro atoms. The summed E-state index contributed by atoms with van der Waals surface area (Å²) in [5, 5.41) is 2.96. The van der Waals surface area contributed by atoms with E-state index in [9.17, 15) is 4.79 Å². The molecular weight excluding hydrogens is 194 g/mol. The van der Waals surface area contributed by atoms with Crippen LogP contribution in [-0.4, -0.2) is 18.8 Å². The Morgan fingerprint density at radius 1 is 1.40 bits per heavy atom. The highest BCUT2D eigenvalue weighted by atomic mass is 16.6. The minimum atomic E-state index is -0.639. The van der Waals surface area contributed by atoms with E-state index in [-0.39, 0.29) is 5.97 Å². The molecule has 0 amide bonds. The third kappa shape index (κ3) is 2.16. The van der Waals surface area contributed by atoms with Crippen molar-refractivity contribution in [3.63, 3.8) is 0 Å². The minimum absolute atomic E-state index is 0.356. The zero-order chi connectivity index (χ0) is 10.7.